The normalized spacial score (nSPS) is 10.4. The highest BCUT2D eigenvalue weighted by Gasteiger charge is 2.15. The van der Waals surface area contributed by atoms with E-state index >= 15 is 0 Å². The van der Waals surface area contributed by atoms with Gasteiger partial charge in [-0.2, -0.15) is 0 Å². The Labute approximate surface area is 110 Å². The molecule has 0 amide bonds. The van der Waals surface area contributed by atoms with Gasteiger partial charge in [-0.3, -0.25) is 4.79 Å². The smallest absolute Gasteiger partial charge is 0.170 e. The zero-order valence-corrected chi connectivity index (χ0v) is 10.7. The first-order valence-electron chi connectivity index (χ1n) is 5.61. The van der Waals surface area contributed by atoms with E-state index in [2.05, 4.69) is 0 Å². The summed E-state index contributed by atoms with van der Waals surface area (Å²) in [5.41, 5.74) is 1.97. The number of carbonyl (C=O) groups excluding carboxylic acids is 1. The van der Waals surface area contributed by atoms with E-state index in [1.54, 1.807) is 6.07 Å². The lowest BCUT2D eigenvalue weighted by Crippen LogP contribution is -2.07. The van der Waals surface area contributed by atoms with Crippen LogP contribution in [0.3, 0.4) is 0 Å². The number of aryl methyl sites for hydroxylation is 1. The van der Waals surface area contributed by atoms with E-state index < -0.39 is 5.82 Å². The van der Waals surface area contributed by atoms with Gasteiger partial charge in [-0.05, 0) is 30.2 Å². The summed E-state index contributed by atoms with van der Waals surface area (Å²) in [5, 5.41) is -0.0226. The molecule has 0 N–H and O–H groups in total. The Morgan fingerprint density at radius 1 is 1.17 bits per heavy atom. The molecule has 0 bridgehead atoms. The first kappa shape index (κ1) is 12.8. The lowest BCUT2D eigenvalue weighted by molar-refractivity contribution is 0.0989. The molecule has 0 saturated heterocycles. The molecule has 92 valence electrons. The average molecular weight is 263 g/mol. The van der Waals surface area contributed by atoms with Gasteiger partial charge in [-0.25, -0.2) is 4.39 Å². The standard InChI is InChI=1S/C15H12ClFO/c1-10-5-2-3-6-11(10)9-14(18)12-7-4-8-13(16)15(12)17/h2-8H,9H2,1H3. The van der Waals surface area contributed by atoms with E-state index in [4.69, 9.17) is 11.6 Å². The van der Waals surface area contributed by atoms with Crippen LogP contribution < -0.4 is 0 Å². The van der Waals surface area contributed by atoms with Crippen LogP contribution in [0.15, 0.2) is 42.5 Å². The molecule has 0 aliphatic rings. The summed E-state index contributed by atoms with van der Waals surface area (Å²) in [5.74, 6) is -0.901. The third kappa shape index (κ3) is 2.59. The summed E-state index contributed by atoms with van der Waals surface area (Å²) >= 11 is 5.66. The van der Waals surface area contributed by atoms with Crippen molar-refractivity contribution in [2.75, 3.05) is 0 Å². The lowest BCUT2D eigenvalue weighted by Gasteiger charge is -2.06. The SMILES string of the molecule is Cc1ccccc1CC(=O)c1cccc(Cl)c1F. The van der Waals surface area contributed by atoms with Crippen molar-refractivity contribution in [2.24, 2.45) is 0 Å². The number of Topliss-reactive ketones (excluding diaryl/α,β-unsaturated/α-hetero) is 1. The van der Waals surface area contributed by atoms with Crippen molar-refractivity contribution in [3.63, 3.8) is 0 Å². The van der Waals surface area contributed by atoms with Crippen molar-refractivity contribution >= 4 is 17.4 Å². The Balaban J connectivity index is 2.28. The van der Waals surface area contributed by atoms with E-state index in [-0.39, 0.29) is 22.8 Å². The molecule has 0 saturated carbocycles. The zero-order valence-electron chi connectivity index (χ0n) is 9.91. The molecular formula is C15H12ClFO. The average Bonchev–Trinajstić information content (AvgIpc) is 2.35. The van der Waals surface area contributed by atoms with Crippen LogP contribution >= 0.6 is 11.6 Å². The number of hydrogen-bond acceptors (Lipinski definition) is 1. The molecule has 0 spiro atoms. The molecule has 0 unspecified atom stereocenters. The maximum atomic E-state index is 13.7. The molecule has 1 nitrogen and oxygen atoms in total. The Morgan fingerprint density at radius 2 is 1.89 bits per heavy atom. The minimum absolute atomic E-state index is 0.0226. The second-order valence-corrected chi connectivity index (χ2v) is 4.54. The molecule has 0 aliphatic heterocycles. The fourth-order valence-corrected chi connectivity index (χ4v) is 1.97. The van der Waals surface area contributed by atoms with E-state index in [0.717, 1.165) is 11.1 Å². The summed E-state index contributed by atoms with van der Waals surface area (Å²) in [6.45, 7) is 1.93. The van der Waals surface area contributed by atoms with Crippen molar-refractivity contribution < 1.29 is 9.18 Å². The number of rotatable bonds is 3. The molecule has 0 atom stereocenters. The molecular weight excluding hydrogens is 251 g/mol. The molecule has 0 aromatic heterocycles. The zero-order chi connectivity index (χ0) is 13.1. The maximum absolute atomic E-state index is 13.7. The quantitative estimate of drug-likeness (QED) is 0.757. The fourth-order valence-electron chi connectivity index (χ4n) is 1.80. The van der Waals surface area contributed by atoms with Crippen LogP contribution in [0.4, 0.5) is 4.39 Å². The second-order valence-electron chi connectivity index (χ2n) is 4.13. The van der Waals surface area contributed by atoms with Crippen molar-refractivity contribution in [3.8, 4) is 0 Å². The Hall–Kier alpha value is -1.67. The number of ketones is 1. The lowest BCUT2D eigenvalue weighted by atomic mass is 9.99. The topological polar surface area (TPSA) is 17.1 Å². The largest absolute Gasteiger partial charge is 0.294 e. The van der Waals surface area contributed by atoms with Crippen LogP contribution in [0.25, 0.3) is 0 Å². The monoisotopic (exact) mass is 262 g/mol. The van der Waals surface area contributed by atoms with E-state index in [1.807, 2.05) is 31.2 Å². The van der Waals surface area contributed by atoms with E-state index in [9.17, 15) is 9.18 Å². The summed E-state index contributed by atoms with van der Waals surface area (Å²) in [6, 6.07) is 12.0. The van der Waals surface area contributed by atoms with Crippen molar-refractivity contribution in [1.82, 2.24) is 0 Å². The molecule has 18 heavy (non-hydrogen) atoms. The van der Waals surface area contributed by atoms with Gasteiger partial charge in [0.1, 0.15) is 0 Å². The molecule has 3 heteroatoms. The molecule has 2 rings (SSSR count). The highest BCUT2D eigenvalue weighted by molar-refractivity contribution is 6.31. The van der Waals surface area contributed by atoms with Crippen LogP contribution in [-0.4, -0.2) is 5.78 Å². The van der Waals surface area contributed by atoms with E-state index in [0.29, 0.717) is 0 Å². The van der Waals surface area contributed by atoms with Crippen molar-refractivity contribution in [2.45, 2.75) is 13.3 Å². The first-order valence-corrected chi connectivity index (χ1v) is 5.99. The van der Waals surface area contributed by atoms with Crippen molar-refractivity contribution in [3.05, 3.63) is 70.0 Å². The summed E-state index contributed by atoms with van der Waals surface area (Å²) < 4.78 is 13.7. The van der Waals surface area contributed by atoms with Gasteiger partial charge in [0.25, 0.3) is 0 Å². The second kappa shape index (κ2) is 5.32. The highest BCUT2D eigenvalue weighted by atomic mass is 35.5. The summed E-state index contributed by atoms with van der Waals surface area (Å²) in [4.78, 5) is 12.0. The number of carbonyl (C=O) groups is 1. The van der Waals surface area contributed by atoms with Gasteiger partial charge in [0.2, 0.25) is 0 Å². The van der Waals surface area contributed by atoms with Gasteiger partial charge in [-0.15, -0.1) is 0 Å². The third-order valence-electron chi connectivity index (χ3n) is 2.86. The maximum Gasteiger partial charge on any atom is 0.170 e. The van der Waals surface area contributed by atoms with Crippen LogP contribution in [0.2, 0.25) is 5.02 Å². The number of halogens is 2. The van der Waals surface area contributed by atoms with Crippen LogP contribution in [0.5, 0.6) is 0 Å². The van der Waals surface area contributed by atoms with Gasteiger partial charge in [0, 0.05) is 6.42 Å². The summed E-state index contributed by atoms with van der Waals surface area (Å²) in [6.07, 6.45) is 0.184. The van der Waals surface area contributed by atoms with Gasteiger partial charge < -0.3 is 0 Å². The predicted octanol–water partition coefficient (Wildman–Crippen LogP) is 4.21. The van der Waals surface area contributed by atoms with Crippen LogP contribution in [-0.2, 0) is 6.42 Å². The Bertz CT molecular complexity index is 593. The Morgan fingerprint density at radius 3 is 2.61 bits per heavy atom. The third-order valence-corrected chi connectivity index (χ3v) is 3.16. The van der Waals surface area contributed by atoms with Gasteiger partial charge in [0.05, 0.1) is 10.6 Å². The van der Waals surface area contributed by atoms with Crippen LogP contribution in [0, 0.1) is 12.7 Å². The number of hydrogen-bond donors (Lipinski definition) is 0. The molecule has 0 heterocycles. The molecule has 0 fully saturated rings. The van der Waals surface area contributed by atoms with Gasteiger partial charge >= 0.3 is 0 Å². The van der Waals surface area contributed by atoms with Gasteiger partial charge in [-0.1, -0.05) is 41.9 Å². The molecule has 0 aliphatic carbocycles. The number of benzene rings is 2. The predicted molar refractivity (Wildman–Crippen MR) is 70.6 cm³/mol. The first-order chi connectivity index (χ1) is 8.59. The van der Waals surface area contributed by atoms with Crippen LogP contribution in [0.1, 0.15) is 21.5 Å². The van der Waals surface area contributed by atoms with E-state index in [1.165, 1.54) is 12.1 Å². The van der Waals surface area contributed by atoms with Crippen molar-refractivity contribution in [1.29, 1.82) is 0 Å². The minimum Gasteiger partial charge on any atom is -0.294 e. The molecule has 2 aromatic rings. The minimum atomic E-state index is -0.641. The van der Waals surface area contributed by atoms with Gasteiger partial charge in [0.15, 0.2) is 11.6 Å². The summed E-state index contributed by atoms with van der Waals surface area (Å²) in [7, 11) is 0. The highest BCUT2D eigenvalue weighted by Crippen LogP contribution is 2.20. The fraction of sp³-hybridized carbons (Fsp3) is 0.133. The molecule has 2 aromatic carbocycles. The molecule has 0 radical (unpaired) electrons. The Kier molecular flexibility index (Phi) is 3.78.